The van der Waals surface area contributed by atoms with E-state index in [9.17, 15) is 9.18 Å². The lowest BCUT2D eigenvalue weighted by atomic mass is 10.1. The van der Waals surface area contributed by atoms with E-state index in [1.807, 2.05) is 6.08 Å². The van der Waals surface area contributed by atoms with E-state index < -0.39 is 0 Å². The molecule has 0 saturated carbocycles. The van der Waals surface area contributed by atoms with Gasteiger partial charge in [-0.05, 0) is 29.7 Å². The molecule has 1 heterocycles. The van der Waals surface area contributed by atoms with Gasteiger partial charge in [0, 0.05) is 6.42 Å². The lowest BCUT2D eigenvalue weighted by Crippen LogP contribution is -2.14. The van der Waals surface area contributed by atoms with Crippen LogP contribution in [0.15, 0.2) is 29.8 Å². The van der Waals surface area contributed by atoms with E-state index in [0.717, 1.165) is 17.6 Å². The van der Waals surface area contributed by atoms with E-state index in [1.54, 1.807) is 12.1 Å². The van der Waals surface area contributed by atoms with Gasteiger partial charge in [0.15, 0.2) is 0 Å². The maximum Gasteiger partial charge on any atom is 0.306 e. The molecule has 0 spiro atoms. The van der Waals surface area contributed by atoms with E-state index in [-0.39, 0.29) is 11.8 Å². The number of halogens is 1. The molecule has 0 N–H and O–H groups in total. The fourth-order valence-corrected chi connectivity index (χ4v) is 1.49. The van der Waals surface area contributed by atoms with Gasteiger partial charge >= 0.3 is 5.97 Å². The van der Waals surface area contributed by atoms with Gasteiger partial charge in [0.2, 0.25) is 0 Å². The molecule has 0 amide bonds. The second-order valence-corrected chi connectivity index (χ2v) is 3.51. The molecule has 0 aromatic heterocycles. The molecular weight excluding hydrogens is 195 g/mol. The molecule has 1 saturated heterocycles. The quantitative estimate of drug-likeness (QED) is 0.660. The third-order valence-corrected chi connectivity index (χ3v) is 2.31. The van der Waals surface area contributed by atoms with Gasteiger partial charge < -0.3 is 4.74 Å². The monoisotopic (exact) mass is 206 g/mol. The molecule has 78 valence electrons. The van der Waals surface area contributed by atoms with Gasteiger partial charge in [-0.25, -0.2) is 4.39 Å². The van der Waals surface area contributed by atoms with Gasteiger partial charge in [-0.1, -0.05) is 18.2 Å². The molecule has 2 rings (SSSR count). The Morgan fingerprint density at radius 1 is 1.20 bits per heavy atom. The average molecular weight is 206 g/mol. The van der Waals surface area contributed by atoms with Crippen LogP contribution in [0.25, 0.3) is 6.08 Å². The fraction of sp³-hybridized carbons (Fsp3) is 0.250. The number of hydrogen-bond acceptors (Lipinski definition) is 2. The summed E-state index contributed by atoms with van der Waals surface area (Å²) in [5, 5.41) is 0. The SMILES string of the molecule is O=C1CCC(=Cc2ccc(F)cc2)CO1. The summed E-state index contributed by atoms with van der Waals surface area (Å²) < 4.78 is 17.5. The highest BCUT2D eigenvalue weighted by Gasteiger charge is 2.12. The Morgan fingerprint density at radius 2 is 1.93 bits per heavy atom. The Labute approximate surface area is 87.4 Å². The van der Waals surface area contributed by atoms with Crippen molar-refractivity contribution < 1.29 is 13.9 Å². The molecule has 1 aromatic rings. The number of hydrogen-bond donors (Lipinski definition) is 0. The van der Waals surface area contributed by atoms with Crippen LogP contribution in [0.3, 0.4) is 0 Å². The Bertz CT molecular complexity index is 381. The fourth-order valence-electron chi connectivity index (χ4n) is 1.49. The summed E-state index contributed by atoms with van der Waals surface area (Å²) in [6.07, 6.45) is 3.11. The van der Waals surface area contributed by atoms with Crippen LogP contribution in [0.2, 0.25) is 0 Å². The third kappa shape index (κ3) is 2.65. The van der Waals surface area contributed by atoms with Crippen molar-refractivity contribution >= 4 is 12.0 Å². The second-order valence-electron chi connectivity index (χ2n) is 3.51. The summed E-state index contributed by atoms with van der Waals surface area (Å²) in [4.78, 5) is 10.8. The van der Waals surface area contributed by atoms with Gasteiger partial charge in [-0.15, -0.1) is 0 Å². The number of rotatable bonds is 1. The van der Waals surface area contributed by atoms with Crippen LogP contribution in [-0.4, -0.2) is 12.6 Å². The molecule has 0 bridgehead atoms. The maximum atomic E-state index is 12.6. The molecule has 0 atom stereocenters. The molecular formula is C12H11FO2. The van der Waals surface area contributed by atoms with E-state index >= 15 is 0 Å². The van der Waals surface area contributed by atoms with Crippen LogP contribution in [-0.2, 0) is 9.53 Å². The molecule has 0 unspecified atom stereocenters. The summed E-state index contributed by atoms with van der Waals surface area (Å²) in [6.45, 7) is 0.357. The van der Waals surface area contributed by atoms with Crippen molar-refractivity contribution in [2.24, 2.45) is 0 Å². The zero-order valence-corrected chi connectivity index (χ0v) is 8.20. The molecule has 1 fully saturated rings. The molecule has 1 aliphatic heterocycles. The Kier molecular flexibility index (Phi) is 2.81. The third-order valence-electron chi connectivity index (χ3n) is 2.31. The number of benzene rings is 1. The molecule has 3 heteroatoms. The first kappa shape index (κ1) is 9.90. The maximum absolute atomic E-state index is 12.6. The van der Waals surface area contributed by atoms with Crippen molar-refractivity contribution in [2.45, 2.75) is 12.8 Å². The molecule has 2 nitrogen and oxygen atoms in total. The Balaban J connectivity index is 2.09. The zero-order chi connectivity index (χ0) is 10.7. The number of esters is 1. The Morgan fingerprint density at radius 3 is 2.53 bits per heavy atom. The predicted octanol–water partition coefficient (Wildman–Crippen LogP) is 2.55. The highest BCUT2D eigenvalue weighted by molar-refractivity contribution is 5.72. The van der Waals surface area contributed by atoms with Crippen molar-refractivity contribution in [2.75, 3.05) is 6.61 Å². The molecule has 0 radical (unpaired) electrons. The van der Waals surface area contributed by atoms with Crippen LogP contribution in [0.4, 0.5) is 4.39 Å². The minimum absolute atomic E-state index is 0.147. The number of cyclic esters (lactones) is 1. The van der Waals surface area contributed by atoms with Gasteiger partial charge in [0.05, 0.1) is 0 Å². The lowest BCUT2D eigenvalue weighted by molar-refractivity contribution is -0.144. The van der Waals surface area contributed by atoms with Crippen molar-refractivity contribution in [1.82, 2.24) is 0 Å². The van der Waals surface area contributed by atoms with Gasteiger partial charge in [0.25, 0.3) is 0 Å². The summed E-state index contributed by atoms with van der Waals surface area (Å²) in [7, 11) is 0. The normalized spacial score (nSPS) is 19.0. The van der Waals surface area contributed by atoms with Gasteiger partial charge in [-0.3, -0.25) is 4.79 Å². The minimum Gasteiger partial charge on any atom is -0.461 e. The van der Waals surface area contributed by atoms with E-state index in [1.165, 1.54) is 12.1 Å². The number of ether oxygens (including phenoxy) is 1. The second kappa shape index (κ2) is 4.26. The van der Waals surface area contributed by atoms with Crippen molar-refractivity contribution in [3.05, 3.63) is 41.2 Å². The van der Waals surface area contributed by atoms with Gasteiger partial charge in [0.1, 0.15) is 12.4 Å². The molecule has 1 aromatic carbocycles. The largest absolute Gasteiger partial charge is 0.461 e. The first-order valence-electron chi connectivity index (χ1n) is 4.85. The van der Waals surface area contributed by atoms with Crippen LogP contribution in [0.5, 0.6) is 0 Å². The summed E-state index contributed by atoms with van der Waals surface area (Å²) in [6, 6.07) is 6.25. The Hall–Kier alpha value is -1.64. The average Bonchev–Trinajstić information content (AvgIpc) is 2.25. The zero-order valence-electron chi connectivity index (χ0n) is 8.20. The number of carbonyl (C=O) groups is 1. The lowest BCUT2D eigenvalue weighted by Gasteiger charge is -2.14. The number of carbonyl (C=O) groups excluding carboxylic acids is 1. The summed E-state index contributed by atoms with van der Waals surface area (Å²) in [5.41, 5.74) is 2.01. The standard InChI is InChI=1S/C12H11FO2/c13-11-4-1-9(2-5-11)7-10-3-6-12(14)15-8-10/h1-2,4-5,7H,3,6,8H2. The van der Waals surface area contributed by atoms with Crippen molar-refractivity contribution in [3.63, 3.8) is 0 Å². The predicted molar refractivity (Wildman–Crippen MR) is 54.6 cm³/mol. The molecule has 15 heavy (non-hydrogen) atoms. The first-order valence-corrected chi connectivity index (χ1v) is 4.85. The smallest absolute Gasteiger partial charge is 0.306 e. The van der Waals surface area contributed by atoms with Crippen LogP contribution >= 0.6 is 0 Å². The van der Waals surface area contributed by atoms with Crippen LogP contribution in [0, 0.1) is 5.82 Å². The molecule has 0 aliphatic carbocycles. The summed E-state index contributed by atoms with van der Waals surface area (Å²) >= 11 is 0. The topological polar surface area (TPSA) is 26.3 Å². The van der Waals surface area contributed by atoms with E-state index in [0.29, 0.717) is 13.0 Å². The first-order chi connectivity index (χ1) is 7.24. The van der Waals surface area contributed by atoms with E-state index in [4.69, 9.17) is 4.74 Å². The molecule has 1 aliphatic rings. The van der Waals surface area contributed by atoms with Crippen LogP contribution in [0.1, 0.15) is 18.4 Å². The van der Waals surface area contributed by atoms with E-state index in [2.05, 4.69) is 0 Å². The highest BCUT2D eigenvalue weighted by Crippen LogP contribution is 2.17. The highest BCUT2D eigenvalue weighted by atomic mass is 19.1. The summed E-state index contributed by atoms with van der Waals surface area (Å²) in [5.74, 6) is -0.390. The van der Waals surface area contributed by atoms with Crippen molar-refractivity contribution in [3.8, 4) is 0 Å². The minimum atomic E-state index is -0.243. The van der Waals surface area contributed by atoms with Gasteiger partial charge in [-0.2, -0.15) is 0 Å². The van der Waals surface area contributed by atoms with Crippen LogP contribution < -0.4 is 0 Å². The van der Waals surface area contributed by atoms with Crippen molar-refractivity contribution in [1.29, 1.82) is 0 Å².